The van der Waals surface area contributed by atoms with Crippen LogP contribution in [0.3, 0.4) is 0 Å². The average molecular weight is 254 g/mol. The van der Waals surface area contributed by atoms with Crippen molar-refractivity contribution >= 4 is 11.4 Å². The number of morpholine rings is 1. The van der Waals surface area contributed by atoms with Crippen LogP contribution in [-0.2, 0) is 4.74 Å². The van der Waals surface area contributed by atoms with Gasteiger partial charge < -0.3 is 20.5 Å². The summed E-state index contributed by atoms with van der Waals surface area (Å²) >= 11 is 0. The molecule has 1 heterocycles. The molecule has 1 atom stereocenters. The van der Waals surface area contributed by atoms with Crippen LogP contribution in [0.5, 0.6) is 0 Å². The zero-order chi connectivity index (χ0) is 13.3. The largest absolute Gasteiger partial charge is 0.399 e. The van der Waals surface area contributed by atoms with Crippen LogP contribution < -0.4 is 10.6 Å². The van der Waals surface area contributed by atoms with Crippen molar-refractivity contribution < 1.29 is 14.2 Å². The highest BCUT2D eigenvalue weighted by Crippen LogP contribution is 2.27. The number of halogens is 1. The van der Waals surface area contributed by atoms with E-state index in [0.29, 0.717) is 18.8 Å². The topological polar surface area (TPSA) is 58.7 Å². The van der Waals surface area contributed by atoms with Crippen LogP contribution in [0.2, 0.25) is 0 Å². The quantitative estimate of drug-likeness (QED) is 0.783. The molecule has 1 aliphatic heterocycles. The Bertz CT molecular complexity index is 417. The van der Waals surface area contributed by atoms with E-state index < -0.39 is 0 Å². The Morgan fingerprint density at radius 3 is 2.83 bits per heavy atom. The van der Waals surface area contributed by atoms with E-state index in [1.54, 1.807) is 6.07 Å². The summed E-state index contributed by atoms with van der Waals surface area (Å²) in [6.07, 6.45) is -0.266. The molecule has 1 fully saturated rings. The predicted octanol–water partition coefficient (Wildman–Crippen LogP) is 1.38. The average Bonchev–Trinajstić information content (AvgIpc) is 2.25. The van der Waals surface area contributed by atoms with Crippen molar-refractivity contribution in [1.82, 2.24) is 0 Å². The van der Waals surface area contributed by atoms with Gasteiger partial charge in [0.05, 0.1) is 18.3 Å². The van der Waals surface area contributed by atoms with E-state index in [9.17, 15) is 9.50 Å². The molecule has 18 heavy (non-hydrogen) atoms. The molecular weight excluding hydrogens is 235 g/mol. The summed E-state index contributed by atoms with van der Waals surface area (Å²) in [7, 11) is 0. The zero-order valence-corrected chi connectivity index (χ0v) is 10.7. The third-order valence-corrected chi connectivity index (χ3v) is 2.96. The van der Waals surface area contributed by atoms with Gasteiger partial charge in [0, 0.05) is 24.5 Å². The number of hydrogen-bond acceptors (Lipinski definition) is 4. The first kappa shape index (κ1) is 13.1. The number of rotatable bonds is 2. The summed E-state index contributed by atoms with van der Waals surface area (Å²) in [6, 6.07) is 4.48. The van der Waals surface area contributed by atoms with Crippen LogP contribution in [-0.4, -0.2) is 36.5 Å². The number of nitrogens with zero attached hydrogens (tertiary/aromatic N) is 1. The monoisotopic (exact) mass is 254 g/mol. The van der Waals surface area contributed by atoms with Gasteiger partial charge in [0.1, 0.15) is 5.82 Å². The van der Waals surface area contributed by atoms with Crippen molar-refractivity contribution in [2.75, 3.05) is 30.3 Å². The highest BCUT2D eigenvalue weighted by Gasteiger charge is 2.33. The molecule has 0 spiro atoms. The molecule has 1 saturated heterocycles. The standard InChI is InChI=1S/C13H19FN2O2/c1-13(2)8-16(6-12(7-17)18-13)11-4-9(14)3-10(15)5-11/h3-5,12,17H,6-8,15H2,1-2H3. The Morgan fingerprint density at radius 1 is 1.50 bits per heavy atom. The Hall–Kier alpha value is -1.33. The second-order valence-electron chi connectivity index (χ2n) is 5.31. The van der Waals surface area contributed by atoms with Crippen molar-refractivity contribution in [2.45, 2.75) is 25.6 Å². The maximum atomic E-state index is 13.4. The number of nitrogens with two attached hydrogens (primary N) is 1. The van der Waals surface area contributed by atoms with E-state index in [-0.39, 0.29) is 24.1 Å². The Balaban J connectivity index is 2.26. The van der Waals surface area contributed by atoms with E-state index in [2.05, 4.69) is 0 Å². The van der Waals surface area contributed by atoms with E-state index >= 15 is 0 Å². The summed E-state index contributed by atoms with van der Waals surface area (Å²) in [5.74, 6) is -0.352. The molecule has 0 bridgehead atoms. The fourth-order valence-corrected chi connectivity index (χ4v) is 2.37. The van der Waals surface area contributed by atoms with Gasteiger partial charge in [0.2, 0.25) is 0 Å². The number of aliphatic hydroxyl groups is 1. The molecule has 0 aromatic heterocycles. The molecule has 2 rings (SSSR count). The highest BCUT2D eigenvalue weighted by molar-refractivity contribution is 5.57. The van der Waals surface area contributed by atoms with Crippen LogP contribution >= 0.6 is 0 Å². The van der Waals surface area contributed by atoms with Gasteiger partial charge in [-0.2, -0.15) is 0 Å². The van der Waals surface area contributed by atoms with Gasteiger partial charge >= 0.3 is 0 Å². The van der Waals surface area contributed by atoms with Crippen molar-refractivity contribution in [3.63, 3.8) is 0 Å². The third kappa shape index (κ3) is 2.91. The summed E-state index contributed by atoms with van der Waals surface area (Å²) in [5.41, 5.74) is 6.39. The molecule has 4 nitrogen and oxygen atoms in total. The van der Waals surface area contributed by atoms with Gasteiger partial charge in [0.15, 0.2) is 0 Å². The normalized spacial score (nSPS) is 23.1. The Kier molecular flexibility index (Phi) is 3.45. The minimum absolute atomic E-state index is 0.0509. The molecule has 0 amide bonds. The minimum atomic E-state index is -0.382. The molecule has 1 aliphatic rings. The molecule has 1 aromatic rings. The Morgan fingerprint density at radius 2 is 2.22 bits per heavy atom. The molecule has 1 aromatic carbocycles. The summed E-state index contributed by atoms with van der Waals surface area (Å²) in [6.45, 7) is 5.01. The molecule has 1 unspecified atom stereocenters. The molecule has 0 saturated carbocycles. The lowest BCUT2D eigenvalue weighted by atomic mass is 10.0. The number of ether oxygens (including phenoxy) is 1. The fourth-order valence-electron chi connectivity index (χ4n) is 2.37. The SMILES string of the molecule is CC1(C)CN(c2cc(N)cc(F)c2)CC(CO)O1. The number of nitrogen functional groups attached to an aromatic ring is 1. The van der Waals surface area contributed by atoms with Crippen molar-refractivity contribution in [3.05, 3.63) is 24.0 Å². The van der Waals surface area contributed by atoms with Gasteiger partial charge in [0.25, 0.3) is 0 Å². The van der Waals surface area contributed by atoms with Gasteiger partial charge in [-0.25, -0.2) is 4.39 Å². The zero-order valence-electron chi connectivity index (χ0n) is 10.7. The van der Waals surface area contributed by atoms with Gasteiger partial charge in [-0.1, -0.05) is 0 Å². The van der Waals surface area contributed by atoms with Crippen molar-refractivity contribution in [1.29, 1.82) is 0 Å². The van der Waals surface area contributed by atoms with Gasteiger partial charge in [-0.15, -0.1) is 0 Å². The van der Waals surface area contributed by atoms with Crippen LogP contribution in [0, 0.1) is 5.82 Å². The predicted molar refractivity (Wildman–Crippen MR) is 69.1 cm³/mol. The van der Waals surface area contributed by atoms with Crippen molar-refractivity contribution in [2.24, 2.45) is 0 Å². The van der Waals surface area contributed by atoms with E-state index in [4.69, 9.17) is 10.5 Å². The van der Waals surface area contributed by atoms with E-state index in [0.717, 1.165) is 5.69 Å². The maximum absolute atomic E-state index is 13.4. The molecule has 100 valence electrons. The molecule has 0 aliphatic carbocycles. The number of benzene rings is 1. The summed E-state index contributed by atoms with van der Waals surface area (Å²) in [4.78, 5) is 1.99. The number of aliphatic hydroxyl groups excluding tert-OH is 1. The van der Waals surface area contributed by atoms with Crippen LogP contribution in [0.4, 0.5) is 15.8 Å². The lowest BCUT2D eigenvalue weighted by Crippen LogP contribution is -2.54. The maximum Gasteiger partial charge on any atom is 0.127 e. The molecule has 5 heteroatoms. The highest BCUT2D eigenvalue weighted by atomic mass is 19.1. The smallest absolute Gasteiger partial charge is 0.127 e. The van der Waals surface area contributed by atoms with E-state index in [1.807, 2.05) is 18.7 Å². The number of hydrogen-bond donors (Lipinski definition) is 2. The fraction of sp³-hybridized carbons (Fsp3) is 0.538. The molecular formula is C13H19FN2O2. The molecule has 3 N–H and O–H groups in total. The van der Waals surface area contributed by atoms with Crippen LogP contribution in [0.1, 0.15) is 13.8 Å². The summed E-state index contributed by atoms with van der Waals surface area (Å²) < 4.78 is 19.1. The number of anilines is 2. The van der Waals surface area contributed by atoms with Gasteiger partial charge in [-0.3, -0.25) is 0 Å². The Labute approximate surface area is 106 Å². The van der Waals surface area contributed by atoms with Crippen LogP contribution in [0.25, 0.3) is 0 Å². The second-order valence-corrected chi connectivity index (χ2v) is 5.31. The first-order valence-corrected chi connectivity index (χ1v) is 5.99. The minimum Gasteiger partial charge on any atom is -0.399 e. The first-order chi connectivity index (χ1) is 8.39. The first-order valence-electron chi connectivity index (χ1n) is 5.99. The van der Waals surface area contributed by atoms with Crippen molar-refractivity contribution in [3.8, 4) is 0 Å². The lowest BCUT2D eigenvalue weighted by Gasteiger charge is -2.43. The molecule has 0 radical (unpaired) electrons. The van der Waals surface area contributed by atoms with Gasteiger partial charge in [-0.05, 0) is 32.0 Å². The lowest BCUT2D eigenvalue weighted by molar-refractivity contribution is -0.101. The van der Waals surface area contributed by atoms with E-state index in [1.165, 1.54) is 12.1 Å². The summed E-state index contributed by atoms with van der Waals surface area (Å²) in [5, 5.41) is 9.25. The van der Waals surface area contributed by atoms with Crippen LogP contribution in [0.15, 0.2) is 18.2 Å². The third-order valence-electron chi connectivity index (χ3n) is 2.96. The second kappa shape index (κ2) is 4.74.